The number of nitrogens with one attached hydrogen (secondary N) is 1. The van der Waals surface area contributed by atoms with Crippen molar-refractivity contribution in [1.82, 2.24) is 14.9 Å². The Balaban J connectivity index is 1.66. The number of carbonyl (C=O) groups is 2. The van der Waals surface area contributed by atoms with E-state index in [1.165, 1.54) is 6.42 Å². The molecule has 2 N–H and O–H groups in total. The van der Waals surface area contributed by atoms with Crippen LogP contribution in [-0.4, -0.2) is 38.8 Å². The number of para-hydroxylation sites is 2. The van der Waals surface area contributed by atoms with E-state index in [2.05, 4.69) is 5.32 Å². The van der Waals surface area contributed by atoms with Crippen molar-refractivity contribution in [2.24, 2.45) is 11.3 Å². The smallest absolute Gasteiger partial charge is 0.327 e. The molecule has 1 fully saturated rings. The zero-order valence-corrected chi connectivity index (χ0v) is 19.0. The number of amides is 1. The van der Waals surface area contributed by atoms with Crippen LogP contribution in [0.25, 0.3) is 11.0 Å². The lowest BCUT2D eigenvalue weighted by atomic mass is 9.86. The van der Waals surface area contributed by atoms with Crippen molar-refractivity contribution in [3.63, 3.8) is 0 Å². The van der Waals surface area contributed by atoms with E-state index in [1.807, 2.05) is 49.6 Å². The fourth-order valence-electron chi connectivity index (χ4n) is 4.20. The summed E-state index contributed by atoms with van der Waals surface area (Å²) in [5.74, 6) is 0.279. The molecule has 164 valence electrons. The molecule has 30 heavy (non-hydrogen) atoms. The molecule has 2 aromatic rings. The second kappa shape index (κ2) is 9.86. The average Bonchev–Trinajstić information content (AvgIpc) is 3.05. The third-order valence-electron chi connectivity index (χ3n) is 5.70. The molecular weight excluding hydrogens is 398 g/mol. The molecule has 1 aromatic heterocycles. The highest BCUT2D eigenvalue weighted by Crippen LogP contribution is 2.37. The summed E-state index contributed by atoms with van der Waals surface area (Å²) in [5, 5.41) is 13.7. The first-order valence-corrected chi connectivity index (χ1v) is 11.9. The highest BCUT2D eigenvalue weighted by Gasteiger charge is 2.35. The first-order chi connectivity index (χ1) is 14.3. The van der Waals surface area contributed by atoms with Gasteiger partial charge < -0.3 is 15.0 Å². The number of fused-ring (bicyclic) bond motifs is 1. The molecule has 1 atom stereocenters. The zero-order valence-electron chi connectivity index (χ0n) is 18.2. The number of hydrogen-bond acceptors (Lipinski definition) is 4. The van der Waals surface area contributed by atoms with Crippen molar-refractivity contribution in [3.05, 3.63) is 24.3 Å². The fourth-order valence-corrected chi connectivity index (χ4v) is 5.18. The molecule has 0 spiro atoms. The van der Waals surface area contributed by atoms with Crippen LogP contribution in [0.15, 0.2) is 29.4 Å². The van der Waals surface area contributed by atoms with Crippen molar-refractivity contribution < 1.29 is 14.7 Å². The Kier molecular flexibility index (Phi) is 7.45. The van der Waals surface area contributed by atoms with Gasteiger partial charge in [0.05, 0.1) is 11.0 Å². The Morgan fingerprint density at radius 2 is 1.93 bits per heavy atom. The molecule has 6 nitrogen and oxygen atoms in total. The average molecular weight is 432 g/mol. The van der Waals surface area contributed by atoms with Crippen molar-refractivity contribution >= 4 is 34.7 Å². The van der Waals surface area contributed by atoms with Crippen LogP contribution < -0.4 is 5.32 Å². The minimum Gasteiger partial charge on any atom is -0.480 e. The fraction of sp³-hybridized carbons (Fsp3) is 0.609. The van der Waals surface area contributed by atoms with Gasteiger partial charge in [-0.1, -0.05) is 63.9 Å². The number of carbonyl (C=O) groups excluding carboxylic acids is 1. The van der Waals surface area contributed by atoms with Crippen LogP contribution in [0.3, 0.4) is 0 Å². The number of aromatic nitrogens is 2. The van der Waals surface area contributed by atoms with E-state index >= 15 is 0 Å². The third-order valence-corrected chi connectivity index (χ3v) is 6.74. The normalized spacial score (nSPS) is 16.5. The van der Waals surface area contributed by atoms with E-state index in [0.29, 0.717) is 6.54 Å². The number of nitrogens with zero attached hydrogens (tertiary/aromatic N) is 2. The Labute approximate surface area is 182 Å². The number of carboxylic acid groups (broad SMARTS) is 1. The molecule has 1 heterocycles. The molecule has 1 aliphatic carbocycles. The summed E-state index contributed by atoms with van der Waals surface area (Å²) in [4.78, 5) is 29.1. The van der Waals surface area contributed by atoms with Crippen LogP contribution in [0.4, 0.5) is 0 Å². The van der Waals surface area contributed by atoms with Crippen LogP contribution in [0.2, 0.25) is 0 Å². The highest BCUT2D eigenvalue weighted by atomic mass is 32.2. The maximum Gasteiger partial charge on any atom is 0.327 e. The monoisotopic (exact) mass is 431 g/mol. The molecule has 1 saturated carbocycles. The van der Waals surface area contributed by atoms with Gasteiger partial charge in [0.2, 0.25) is 5.91 Å². The maximum atomic E-state index is 12.3. The first kappa shape index (κ1) is 22.7. The van der Waals surface area contributed by atoms with E-state index in [1.54, 1.807) is 11.8 Å². The number of thioether (sulfide) groups is 1. The number of hydrogen-bond donors (Lipinski definition) is 2. The molecule has 1 aliphatic rings. The van der Waals surface area contributed by atoms with Gasteiger partial charge in [-0.3, -0.25) is 4.79 Å². The third kappa shape index (κ3) is 5.36. The summed E-state index contributed by atoms with van der Waals surface area (Å²) in [6.07, 6.45) is 6.39. The molecule has 1 aromatic carbocycles. The number of carboxylic acids is 1. The van der Waals surface area contributed by atoms with Crippen LogP contribution >= 0.6 is 11.8 Å². The van der Waals surface area contributed by atoms with E-state index < -0.39 is 17.4 Å². The first-order valence-electron chi connectivity index (χ1n) is 10.9. The summed E-state index contributed by atoms with van der Waals surface area (Å²) in [5.41, 5.74) is 1.19. The van der Waals surface area contributed by atoms with E-state index in [0.717, 1.165) is 54.0 Å². The van der Waals surface area contributed by atoms with Crippen molar-refractivity contribution in [2.45, 2.75) is 70.5 Å². The van der Waals surface area contributed by atoms with Crippen LogP contribution in [-0.2, 0) is 9.59 Å². The quantitative estimate of drug-likeness (QED) is 0.459. The predicted molar refractivity (Wildman–Crippen MR) is 121 cm³/mol. The lowest BCUT2D eigenvalue weighted by Crippen LogP contribution is -2.33. The molecule has 0 radical (unpaired) electrons. The lowest BCUT2D eigenvalue weighted by molar-refractivity contribution is -0.144. The predicted octanol–water partition coefficient (Wildman–Crippen LogP) is 4.89. The second-order valence-corrected chi connectivity index (χ2v) is 10.2. The van der Waals surface area contributed by atoms with Gasteiger partial charge in [0.1, 0.15) is 6.04 Å². The Morgan fingerprint density at radius 1 is 1.23 bits per heavy atom. The maximum absolute atomic E-state index is 12.3. The minimum absolute atomic E-state index is 0.179. The largest absolute Gasteiger partial charge is 0.480 e. The Hall–Kier alpha value is -2.02. The van der Waals surface area contributed by atoms with Crippen molar-refractivity contribution in [1.29, 1.82) is 0 Å². The zero-order chi connectivity index (χ0) is 21.7. The van der Waals surface area contributed by atoms with Gasteiger partial charge >= 0.3 is 5.97 Å². The number of rotatable bonds is 8. The van der Waals surface area contributed by atoms with Gasteiger partial charge in [0.25, 0.3) is 0 Å². The molecule has 0 saturated heterocycles. The summed E-state index contributed by atoms with van der Waals surface area (Å²) >= 11 is 1.56. The van der Waals surface area contributed by atoms with Crippen molar-refractivity contribution in [3.8, 4) is 0 Å². The topological polar surface area (TPSA) is 84.2 Å². The SMILES string of the molecule is CC(C)(C)C(C(=O)O)n1c(SCCCNC(=O)C2CCCCC2)nc2ccccc21. The number of benzene rings is 1. The van der Waals surface area contributed by atoms with Gasteiger partial charge in [-0.15, -0.1) is 0 Å². The van der Waals surface area contributed by atoms with Crippen LogP contribution in [0.5, 0.6) is 0 Å². The summed E-state index contributed by atoms with van der Waals surface area (Å²) in [6, 6.07) is 6.97. The van der Waals surface area contributed by atoms with Crippen LogP contribution in [0.1, 0.15) is 65.3 Å². The summed E-state index contributed by atoms with van der Waals surface area (Å²) < 4.78 is 1.86. The molecular formula is C23H33N3O3S. The highest BCUT2D eigenvalue weighted by molar-refractivity contribution is 7.99. The Morgan fingerprint density at radius 3 is 2.60 bits per heavy atom. The number of aliphatic carboxylic acids is 1. The van der Waals surface area contributed by atoms with E-state index in [9.17, 15) is 14.7 Å². The summed E-state index contributed by atoms with van der Waals surface area (Å²) in [7, 11) is 0. The van der Waals surface area contributed by atoms with Gasteiger partial charge in [0.15, 0.2) is 5.16 Å². The van der Waals surface area contributed by atoms with Gasteiger partial charge in [0, 0.05) is 18.2 Å². The molecule has 1 unspecified atom stereocenters. The molecule has 0 bridgehead atoms. The Bertz CT molecular complexity index is 881. The standard InChI is InChI=1S/C23H33N3O3S/c1-23(2,3)19(21(28)29)26-18-13-8-7-12-17(18)25-22(26)30-15-9-14-24-20(27)16-10-5-4-6-11-16/h7-8,12-13,16,19H,4-6,9-11,14-15H2,1-3H3,(H,24,27)(H,28,29). The van der Waals surface area contributed by atoms with Gasteiger partial charge in [-0.2, -0.15) is 0 Å². The lowest BCUT2D eigenvalue weighted by Gasteiger charge is -2.29. The van der Waals surface area contributed by atoms with Gasteiger partial charge in [-0.05, 0) is 36.8 Å². The van der Waals surface area contributed by atoms with Crippen LogP contribution in [0, 0.1) is 11.3 Å². The number of imidazole rings is 1. The van der Waals surface area contributed by atoms with E-state index in [-0.39, 0.29) is 11.8 Å². The minimum atomic E-state index is -0.854. The second-order valence-electron chi connectivity index (χ2n) is 9.19. The summed E-state index contributed by atoms with van der Waals surface area (Å²) in [6.45, 7) is 6.46. The molecule has 1 amide bonds. The molecule has 0 aliphatic heterocycles. The molecule has 3 rings (SSSR count). The van der Waals surface area contributed by atoms with E-state index in [4.69, 9.17) is 4.98 Å². The van der Waals surface area contributed by atoms with Crippen molar-refractivity contribution in [2.75, 3.05) is 12.3 Å². The molecule has 7 heteroatoms. The van der Waals surface area contributed by atoms with Gasteiger partial charge in [-0.25, -0.2) is 9.78 Å².